The summed E-state index contributed by atoms with van der Waals surface area (Å²) in [5, 5.41) is 20.0. The molecule has 6 nitrogen and oxygen atoms in total. The zero-order valence-electron chi connectivity index (χ0n) is 13.5. The minimum atomic E-state index is -0.643. The Hall–Kier alpha value is -1.50. The van der Waals surface area contributed by atoms with Gasteiger partial charge in [0.2, 0.25) is 5.88 Å². The van der Waals surface area contributed by atoms with Crippen LogP contribution in [0.3, 0.4) is 0 Å². The highest BCUT2D eigenvalue weighted by atomic mass is 16.5. The van der Waals surface area contributed by atoms with E-state index in [0.717, 1.165) is 25.9 Å². The van der Waals surface area contributed by atoms with Gasteiger partial charge in [0, 0.05) is 19.6 Å². The minimum absolute atomic E-state index is 0.127. The second kappa shape index (κ2) is 7.38. The molecule has 0 aromatic carbocycles. The molecule has 23 heavy (non-hydrogen) atoms. The summed E-state index contributed by atoms with van der Waals surface area (Å²) in [6, 6.07) is 0. The number of nitrogens with zero attached hydrogens (tertiary/aromatic N) is 3. The number of β-amino-alcohol motifs (C(OH)–C–C–N with tert-alkyl or cyclic N) is 1. The van der Waals surface area contributed by atoms with Crippen LogP contribution in [0.15, 0.2) is 24.5 Å². The molecule has 0 bridgehead atoms. The molecule has 0 amide bonds. The van der Waals surface area contributed by atoms with Crippen LogP contribution in [0.5, 0.6) is 5.88 Å². The maximum absolute atomic E-state index is 10.4. The highest BCUT2D eigenvalue weighted by Crippen LogP contribution is 2.38. The molecule has 2 heterocycles. The van der Waals surface area contributed by atoms with Gasteiger partial charge >= 0.3 is 0 Å². The van der Waals surface area contributed by atoms with Gasteiger partial charge in [-0.05, 0) is 31.6 Å². The molecule has 126 valence electrons. The van der Waals surface area contributed by atoms with E-state index in [4.69, 9.17) is 4.74 Å². The minimum Gasteiger partial charge on any atom is -0.472 e. The fourth-order valence-electron chi connectivity index (χ4n) is 3.65. The molecule has 3 rings (SSSR count). The van der Waals surface area contributed by atoms with E-state index in [0.29, 0.717) is 36.6 Å². The number of allylic oxidation sites excluding steroid dienone is 1. The lowest BCUT2D eigenvalue weighted by molar-refractivity contribution is 0.110. The Morgan fingerprint density at radius 3 is 2.65 bits per heavy atom. The molecule has 1 aromatic rings. The summed E-state index contributed by atoms with van der Waals surface area (Å²) in [6.45, 7) is 4.88. The lowest BCUT2D eigenvalue weighted by Gasteiger charge is -2.20. The molecule has 0 radical (unpaired) electrons. The number of rotatable bonds is 6. The first-order valence-electron chi connectivity index (χ1n) is 8.30. The van der Waals surface area contributed by atoms with E-state index in [-0.39, 0.29) is 6.10 Å². The molecule has 1 aliphatic carbocycles. The molecule has 1 aliphatic heterocycles. The molecule has 1 saturated carbocycles. The van der Waals surface area contributed by atoms with Crippen molar-refractivity contribution in [2.75, 3.05) is 26.2 Å². The Bertz CT molecular complexity index is 520. The largest absolute Gasteiger partial charge is 0.472 e. The topological polar surface area (TPSA) is 78.7 Å². The van der Waals surface area contributed by atoms with Crippen molar-refractivity contribution in [3.8, 4) is 5.88 Å². The highest BCUT2D eigenvalue weighted by molar-refractivity contribution is 5.10. The lowest BCUT2D eigenvalue weighted by atomic mass is 10.0. The molecule has 2 N–H and O–H groups in total. The van der Waals surface area contributed by atoms with E-state index >= 15 is 0 Å². The average Bonchev–Trinajstić information content (AvgIpc) is 3.04. The molecule has 1 saturated heterocycles. The van der Waals surface area contributed by atoms with Gasteiger partial charge in [-0.2, -0.15) is 0 Å². The molecule has 2 fully saturated rings. The van der Waals surface area contributed by atoms with Crippen LogP contribution in [0.1, 0.15) is 31.6 Å². The molecule has 0 spiro atoms. The number of hydrogen-bond acceptors (Lipinski definition) is 6. The maximum Gasteiger partial charge on any atom is 0.232 e. The summed E-state index contributed by atoms with van der Waals surface area (Å²) in [6.07, 6.45) is 7.97. The number of hydrogen-bond donors (Lipinski definition) is 2. The van der Waals surface area contributed by atoms with Crippen molar-refractivity contribution in [3.05, 3.63) is 30.2 Å². The molecule has 2 unspecified atom stereocenters. The number of fused-ring (bicyclic) bond motifs is 1. The van der Waals surface area contributed by atoms with Gasteiger partial charge in [0.15, 0.2) is 0 Å². The number of aromatic nitrogens is 2. The van der Waals surface area contributed by atoms with Crippen molar-refractivity contribution in [1.82, 2.24) is 14.9 Å². The summed E-state index contributed by atoms with van der Waals surface area (Å²) in [5.41, 5.74) is 0.570. The zero-order valence-corrected chi connectivity index (χ0v) is 13.5. The lowest BCUT2D eigenvalue weighted by Crippen LogP contribution is -2.28. The van der Waals surface area contributed by atoms with Crippen LogP contribution in [-0.2, 0) is 0 Å². The predicted molar refractivity (Wildman–Crippen MR) is 86.0 cm³/mol. The number of aliphatic hydroxyl groups excluding tert-OH is 2. The van der Waals surface area contributed by atoms with Crippen LogP contribution in [-0.4, -0.2) is 57.4 Å². The first-order chi connectivity index (χ1) is 11.2. The average molecular weight is 319 g/mol. The molecule has 2 aliphatic rings. The van der Waals surface area contributed by atoms with Crippen molar-refractivity contribution in [2.24, 2.45) is 11.8 Å². The summed E-state index contributed by atoms with van der Waals surface area (Å²) in [7, 11) is 0. The molecule has 6 heteroatoms. The van der Waals surface area contributed by atoms with Crippen molar-refractivity contribution < 1.29 is 14.9 Å². The van der Waals surface area contributed by atoms with Crippen molar-refractivity contribution in [2.45, 2.75) is 32.0 Å². The fraction of sp³-hybridized carbons (Fsp3) is 0.647. The molecular formula is C17H25N3O3. The third-order valence-corrected chi connectivity index (χ3v) is 4.79. The zero-order chi connectivity index (χ0) is 16.2. The Balaban J connectivity index is 1.49. The molecular weight excluding hydrogens is 294 g/mol. The number of likely N-dealkylation sites (tertiary alicyclic amines) is 1. The van der Waals surface area contributed by atoms with Crippen LogP contribution >= 0.6 is 0 Å². The van der Waals surface area contributed by atoms with Crippen LogP contribution < -0.4 is 4.74 Å². The summed E-state index contributed by atoms with van der Waals surface area (Å²) in [5.74, 6) is 1.61. The Labute approximate surface area is 136 Å². The van der Waals surface area contributed by atoms with Gasteiger partial charge in [-0.3, -0.25) is 9.88 Å². The second-order valence-electron chi connectivity index (χ2n) is 6.54. The van der Waals surface area contributed by atoms with Gasteiger partial charge in [-0.25, -0.2) is 4.98 Å². The van der Waals surface area contributed by atoms with E-state index in [1.54, 1.807) is 12.4 Å². The first-order valence-corrected chi connectivity index (χ1v) is 8.30. The van der Waals surface area contributed by atoms with E-state index in [1.165, 1.54) is 0 Å². The third kappa shape index (κ3) is 4.07. The van der Waals surface area contributed by atoms with Gasteiger partial charge < -0.3 is 14.9 Å². The van der Waals surface area contributed by atoms with E-state index in [1.807, 2.05) is 19.1 Å². The van der Waals surface area contributed by atoms with Crippen LogP contribution in [0.2, 0.25) is 0 Å². The van der Waals surface area contributed by atoms with Crippen LogP contribution in [0, 0.1) is 11.8 Å². The van der Waals surface area contributed by atoms with Gasteiger partial charge in [0.25, 0.3) is 0 Å². The van der Waals surface area contributed by atoms with Crippen LogP contribution in [0.25, 0.3) is 0 Å². The van der Waals surface area contributed by atoms with Gasteiger partial charge in [-0.1, -0.05) is 12.2 Å². The van der Waals surface area contributed by atoms with Crippen molar-refractivity contribution in [3.63, 3.8) is 0 Å². The first kappa shape index (κ1) is 16.4. The quantitative estimate of drug-likeness (QED) is 0.766. The monoisotopic (exact) mass is 319 g/mol. The summed E-state index contributed by atoms with van der Waals surface area (Å²) in [4.78, 5) is 10.7. The number of aliphatic hydroxyl groups is 2. The fourth-order valence-corrected chi connectivity index (χ4v) is 3.65. The van der Waals surface area contributed by atoms with E-state index in [9.17, 15) is 10.2 Å². The Morgan fingerprint density at radius 1 is 1.30 bits per heavy atom. The van der Waals surface area contributed by atoms with Crippen molar-refractivity contribution in [1.29, 1.82) is 0 Å². The Kier molecular flexibility index (Phi) is 5.25. The van der Waals surface area contributed by atoms with E-state index in [2.05, 4.69) is 14.9 Å². The molecule has 4 atom stereocenters. The second-order valence-corrected chi connectivity index (χ2v) is 6.54. The Morgan fingerprint density at radius 2 is 2.04 bits per heavy atom. The standard InChI is InChI=1S/C17H25N3O3/c1-2-3-4-23-17-8-18-15(7-19-17)16(22)11-20-9-12-5-14(21)6-13(12)10-20/h2-3,7-8,12-14,16,21-22H,4-6,9-11H2,1H3/b3-2+/t12-,13+,14?,16?. The maximum atomic E-state index is 10.4. The highest BCUT2D eigenvalue weighted by Gasteiger charge is 2.40. The summed E-state index contributed by atoms with van der Waals surface area (Å²) < 4.78 is 5.40. The van der Waals surface area contributed by atoms with Crippen molar-refractivity contribution >= 4 is 0 Å². The SMILES string of the molecule is C/C=C/COc1cnc(C(O)CN2C[C@H]3CC(O)C[C@H]3C2)cn1. The van der Waals surface area contributed by atoms with E-state index < -0.39 is 6.10 Å². The molecule has 1 aromatic heterocycles. The smallest absolute Gasteiger partial charge is 0.232 e. The normalized spacial score (nSPS) is 29.1. The van der Waals surface area contributed by atoms with Gasteiger partial charge in [0.05, 0.1) is 24.2 Å². The third-order valence-electron chi connectivity index (χ3n) is 4.79. The van der Waals surface area contributed by atoms with Gasteiger partial charge in [-0.15, -0.1) is 0 Å². The predicted octanol–water partition coefficient (Wildman–Crippen LogP) is 1.17. The van der Waals surface area contributed by atoms with Gasteiger partial charge in [0.1, 0.15) is 12.7 Å². The number of ether oxygens (including phenoxy) is 1. The van der Waals surface area contributed by atoms with Crippen LogP contribution in [0.4, 0.5) is 0 Å². The summed E-state index contributed by atoms with van der Waals surface area (Å²) >= 11 is 0.